The van der Waals surface area contributed by atoms with Crippen molar-refractivity contribution in [3.05, 3.63) is 35.7 Å². The number of benzene rings is 1. The van der Waals surface area contributed by atoms with Gasteiger partial charge < -0.3 is 10.2 Å². The van der Waals surface area contributed by atoms with Crippen molar-refractivity contribution in [3.8, 4) is 0 Å². The van der Waals surface area contributed by atoms with Gasteiger partial charge in [0.25, 0.3) is 5.89 Å². The largest absolute Gasteiger partial charge is 0.401 e. The first-order valence-electron chi connectivity index (χ1n) is 8.85. The fourth-order valence-electron chi connectivity index (χ4n) is 2.34. The summed E-state index contributed by atoms with van der Waals surface area (Å²) in [6.07, 6.45) is 0. The summed E-state index contributed by atoms with van der Waals surface area (Å²) in [7, 11) is -1.35. The van der Waals surface area contributed by atoms with E-state index < -0.39 is 10.6 Å². The van der Waals surface area contributed by atoms with Gasteiger partial charge in [0.1, 0.15) is 5.84 Å². The van der Waals surface area contributed by atoms with E-state index in [0.29, 0.717) is 4.90 Å². The predicted molar refractivity (Wildman–Crippen MR) is 114 cm³/mol. The number of amidine groups is 1. The number of amides is 1. The molecule has 158 valence electrons. The van der Waals surface area contributed by atoms with Gasteiger partial charge in [-0.25, -0.2) is 0 Å². The summed E-state index contributed by atoms with van der Waals surface area (Å²) in [5.74, 6) is -0.230. The maximum Gasteiger partial charge on any atom is 0.322 e. The van der Waals surface area contributed by atoms with Crippen molar-refractivity contribution in [2.45, 2.75) is 43.9 Å². The average Bonchev–Trinajstić information content (AvgIpc) is 3.12. The Bertz CT molecular complexity index is 921. The van der Waals surface area contributed by atoms with Crippen molar-refractivity contribution in [2.24, 2.45) is 15.7 Å². The Morgan fingerprint density at radius 3 is 2.34 bits per heavy atom. The Labute approximate surface area is 170 Å². The summed E-state index contributed by atoms with van der Waals surface area (Å²) in [5.41, 5.74) is 6.95. The second kappa shape index (κ2) is 9.16. The minimum Gasteiger partial charge on any atom is -0.401 e. The van der Waals surface area contributed by atoms with Crippen molar-refractivity contribution in [1.29, 1.82) is 0 Å². The van der Waals surface area contributed by atoms with Crippen LogP contribution in [0.4, 0.5) is 6.01 Å². The summed E-state index contributed by atoms with van der Waals surface area (Å²) in [5, 5.41) is 9.71. The number of carbonyl (C=O) groups is 1. The minimum atomic E-state index is -2.85. The quantitative estimate of drug-likeness (QED) is 0.394. The van der Waals surface area contributed by atoms with E-state index in [2.05, 4.69) is 25.5 Å². The molecule has 11 heteroatoms. The second-order valence-corrected chi connectivity index (χ2v) is 9.17. The fourth-order valence-corrected chi connectivity index (χ4v) is 3.42. The van der Waals surface area contributed by atoms with Crippen LogP contribution in [0.2, 0.25) is 0 Å². The molecule has 0 aliphatic carbocycles. The fraction of sp³-hybridized carbons (Fsp3) is 0.389. The van der Waals surface area contributed by atoms with Crippen LogP contribution in [0.1, 0.15) is 45.2 Å². The van der Waals surface area contributed by atoms with E-state index in [1.807, 2.05) is 6.92 Å². The van der Waals surface area contributed by atoms with Crippen LogP contribution >= 0.6 is 10.6 Å². The smallest absolute Gasteiger partial charge is 0.322 e. The monoisotopic (exact) mass is 422 g/mol. The molecule has 1 unspecified atom stereocenters. The maximum absolute atomic E-state index is 11.1. The lowest BCUT2D eigenvalue weighted by Crippen LogP contribution is -2.26. The molecule has 1 amide bonds. The molecule has 0 fully saturated rings. The zero-order valence-electron chi connectivity index (χ0n) is 16.9. The number of nitrogens with one attached hydrogen (secondary N) is 1. The van der Waals surface area contributed by atoms with Crippen molar-refractivity contribution in [1.82, 2.24) is 10.2 Å². The van der Waals surface area contributed by atoms with Gasteiger partial charge >= 0.3 is 6.01 Å². The molecule has 0 bridgehead atoms. The summed E-state index contributed by atoms with van der Waals surface area (Å²) in [6.45, 7) is 6.67. The molecule has 2 rings (SSSR count). The van der Waals surface area contributed by atoms with Gasteiger partial charge in [0, 0.05) is 19.2 Å². The van der Waals surface area contributed by atoms with Gasteiger partial charge in [0.15, 0.2) is 5.71 Å². The molecule has 1 aromatic heterocycles. The van der Waals surface area contributed by atoms with Gasteiger partial charge in [-0.1, -0.05) is 17.2 Å². The zero-order chi connectivity index (χ0) is 21.8. The van der Waals surface area contributed by atoms with E-state index in [1.54, 1.807) is 38.1 Å². The Kier molecular flexibility index (Phi) is 7.11. The standard InChI is InChI=1S/C18H26N6O4S/c1-10(2)29(26,27)14-8-6-13(7-9-14)11(3)21-15(16(19)20-5)17-23-24-18(28-17)22-12(4)25/h6-11,26-27H,1-5H3,(H2,19,20)(H,22,24,25). The SMILES string of the molecule is CN=C(N)C(=NC(C)c1ccc(S(O)(O)C(C)C)cc1)c1nnc(NC(C)=O)o1. The van der Waals surface area contributed by atoms with E-state index in [9.17, 15) is 13.9 Å². The number of rotatable bonds is 7. The van der Waals surface area contributed by atoms with Crippen molar-refractivity contribution in [3.63, 3.8) is 0 Å². The first-order chi connectivity index (χ1) is 13.6. The molecule has 1 aromatic carbocycles. The third-order valence-corrected chi connectivity index (χ3v) is 6.36. The van der Waals surface area contributed by atoms with E-state index in [-0.39, 0.29) is 40.7 Å². The highest BCUT2D eigenvalue weighted by atomic mass is 32.3. The first kappa shape index (κ1) is 22.5. The number of nitrogens with zero attached hydrogens (tertiary/aromatic N) is 4. The number of aromatic nitrogens is 2. The molecule has 0 saturated carbocycles. The van der Waals surface area contributed by atoms with Crippen LogP contribution in [0, 0.1) is 0 Å². The lowest BCUT2D eigenvalue weighted by molar-refractivity contribution is -0.114. The van der Waals surface area contributed by atoms with Crippen molar-refractivity contribution >= 4 is 34.1 Å². The predicted octanol–water partition coefficient (Wildman–Crippen LogP) is 3.08. The number of anilines is 1. The van der Waals surface area contributed by atoms with Crippen LogP contribution in [0.15, 0.2) is 43.6 Å². The van der Waals surface area contributed by atoms with Gasteiger partial charge in [-0.3, -0.25) is 29.2 Å². The Hall–Kier alpha value is -2.76. The topological polar surface area (TPSA) is 159 Å². The minimum absolute atomic E-state index is 0.0225. The van der Waals surface area contributed by atoms with E-state index in [1.165, 1.54) is 14.0 Å². The normalized spacial score (nSPS) is 14.8. The van der Waals surface area contributed by atoms with Crippen molar-refractivity contribution < 1.29 is 18.3 Å². The van der Waals surface area contributed by atoms with Gasteiger partial charge in [-0.15, -0.1) is 5.10 Å². The summed E-state index contributed by atoms with van der Waals surface area (Å²) in [4.78, 5) is 20.1. The molecule has 1 atom stereocenters. The van der Waals surface area contributed by atoms with Crippen molar-refractivity contribution in [2.75, 3.05) is 12.4 Å². The molecule has 2 aromatic rings. The number of carbonyl (C=O) groups excluding carboxylic acids is 1. The number of aliphatic imine (C=N–C) groups is 2. The molecular formula is C18H26N6O4S. The molecular weight excluding hydrogens is 396 g/mol. The first-order valence-corrected chi connectivity index (χ1v) is 10.5. The molecule has 29 heavy (non-hydrogen) atoms. The van der Waals surface area contributed by atoms with Gasteiger partial charge in [0.05, 0.1) is 10.9 Å². The highest BCUT2D eigenvalue weighted by Crippen LogP contribution is 2.52. The Morgan fingerprint density at radius 1 is 1.21 bits per heavy atom. The zero-order valence-corrected chi connectivity index (χ0v) is 17.8. The second-order valence-electron chi connectivity index (χ2n) is 6.57. The van der Waals surface area contributed by atoms with Crippen LogP contribution in [-0.4, -0.2) is 49.1 Å². The summed E-state index contributed by atoms with van der Waals surface area (Å²) < 4.78 is 26.0. The number of hydrogen-bond acceptors (Lipinski definition) is 8. The number of hydrogen-bond donors (Lipinski definition) is 4. The molecule has 10 nitrogen and oxygen atoms in total. The summed E-state index contributed by atoms with van der Waals surface area (Å²) in [6, 6.07) is 6.46. The highest BCUT2D eigenvalue weighted by molar-refractivity contribution is 8.24. The van der Waals surface area contributed by atoms with E-state index >= 15 is 0 Å². The van der Waals surface area contributed by atoms with Crippen LogP contribution in [-0.2, 0) is 4.79 Å². The van der Waals surface area contributed by atoms with E-state index in [4.69, 9.17) is 10.2 Å². The van der Waals surface area contributed by atoms with Crippen LogP contribution in [0.3, 0.4) is 0 Å². The molecule has 5 N–H and O–H groups in total. The lowest BCUT2D eigenvalue weighted by atomic mass is 10.1. The van der Waals surface area contributed by atoms with Crippen LogP contribution < -0.4 is 11.1 Å². The third-order valence-electron chi connectivity index (χ3n) is 4.08. The average molecular weight is 423 g/mol. The van der Waals surface area contributed by atoms with Gasteiger partial charge in [-0.05, 0) is 38.5 Å². The third kappa shape index (κ3) is 5.40. The Morgan fingerprint density at radius 2 is 1.83 bits per heavy atom. The highest BCUT2D eigenvalue weighted by Gasteiger charge is 2.21. The van der Waals surface area contributed by atoms with Gasteiger partial charge in [0.2, 0.25) is 5.91 Å². The molecule has 0 saturated heterocycles. The molecule has 0 spiro atoms. The maximum atomic E-state index is 11.1. The Balaban J connectivity index is 2.34. The lowest BCUT2D eigenvalue weighted by Gasteiger charge is -2.36. The molecule has 0 aliphatic rings. The molecule has 1 heterocycles. The molecule has 0 radical (unpaired) electrons. The molecule has 0 aliphatic heterocycles. The van der Waals surface area contributed by atoms with Crippen LogP contribution in [0.25, 0.3) is 0 Å². The van der Waals surface area contributed by atoms with Gasteiger partial charge in [-0.2, -0.15) is 10.6 Å². The van der Waals surface area contributed by atoms with Crippen LogP contribution in [0.5, 0.6) is 0 Å². The van der Waals surface area contributed by atoms with E-state index in [0.717, 1.165) is 5.56 Å². The summed E-state index contributed by atoms with van der Waals surface area (Å²) >= 11 is 0. The number of nitrogens with two attached hydrogens (primary N) is 1.